The van der Waals surface area contributed by atoms with Crippen molar-refractivity contribution in [1.29, 1.82) is 0 Å². The number of halogens is 2. The number of piperazine rings is 1. The number of hydrogen-bond acceptors (Lipinski definition) is 9. The lowest BCUT2D eigenvalue weighted by Gasteiger charge is -2.32. The highest BCUT2D eigenvalue weighted by molar-refractivity contribution is 7.92. The Morgan fingerprint density at radius 3 is 2.59 bits per heavy atom. The van der Waals surface area contributed by atoms with E-state index < -0.39 is 10.0 Å². The van der Waals surface area contributed by atoms with Crippen molar-refractivity contribution in [3.63, 3.8) is 0 Å². The van der Waals surface area contributed by atoms with Crippen LogP contribution in [0.5, 0.6) is 0 Å². The molecule has 1 aliphatic rings. The SMILES string of the molecule is CN1CCN(c2nc(NCCS(=O)(=O)Nc3cccc(Cl)n3)c3cc(Cl)ncc3n2)CC1. The molecule has 0 amide bonds. The number of sulfonamides is 1. The van der Waals surface area contributed by atoms with Crippen molar-refractivity contribution in [2.45, 2.75) is 0 Å². The van der Waals surface area contributed by atoms with Gasteiger partial charge in [-0.15, -0.1) is 0 Å². The predicted molar refractivity (Wildman–Crippen MR) is 127 cm³/mol. The number of nitrogens with zero attached hydrogens (tertiary/aromatic N) is 6. The summed E-state index contributed by atoms with van der Waals surface area (Å²) in [5.41, 5.74) is 0.630. The van der Waals surface area contributed by atoms with Gasteiger partial charge in [-0.1, -0.05) is 29.3 Å². The van der Waals surface area contributed by atoms with Gasteiger partial charge in [-0.3, -0.25) is 4.72 Å². The number of likely N-dealkylation sites (N-methyl/N-ethyl adjacent to an activating group) is 1. The lowest BCUT2D eigenvalue weighted by molar-refractivity contribution is 0.311. The Morgan fingerprint density at radius 1 is 1.06 bits per heavy atom. The number of fused-ring (bicyclic) bond motifs is 1. The van der Waals surface area contributed by atoms with Crippen molar-refractivity contribution in [1.82, 2.24) is 24.8 Å². The van der Waals surface area contributed by atoms with Crippen LogP contribution in [0.15, 0.2) is 30.5 Å². The zero-order valence-electron chi connectivity index (χ0n) is 17.3. The van der Waals surface area contributed by atoms with Crippen LogP contribution >= 0.6 is 23.2 Å². The zero-order valence-corrected chi connectivity index (χ0v) is 19.6. The van der Waals surface area contributed by atoms with Crippen LogP contribution in [0.1, 0.15) is 0 Å². The molecule has 1 saturated heterocycles. The molecule has 2 N–H and O–H groups in total. The van der Waals surface area contributed by atoms with E-state index in [9.17, 15) is 8.42 Å². The largest absolute Gasteiger partial charge is 0.368 e. The Kier molecular flexibility index (Phi) is 6.79. The molecule has 0 radical (unpaired) electrons. The Hall–Kier alpha value is -2.47. The molecule has 3 aromatic heterocycles. The summed E-state index contributed by atoms with van der Waals surface area (Å²) in [6.45, 7) is 3.53. The first-order valence-corrected chi connectivity index (χ1v) is 12.3. The van der Waals surface area contributed by atoms with Crippen LogP contribution in [0.25, 0.3) is 10.9 Å². The summed E-state index contributed by atoms with van der Waals surface area (Å²) in [6, 6.07) is 6.39. The fourth-order valence-electron chi connectivity index (χ4n) is 3.26. The highest BCUT2D eigenvalue weighted by Crippen LogP contribution is 2.25. The van der Waals surface area contributed by atoms with Crippen molar-refractivity contribution in [3.05, 3.63) is 40.8 Å². The molecule has 32 heavy (non-hydrogen) atoms. The number of pyridine rings is 2. The van der Waals surface area contributed by atoms with Crippen molar-refractivity contribution in [2.75, 3.05) is 60.5 Å². The van der Waals surface area contributed by atoms with Crippen LogP contribution in [-0.4, -0.2) is 78.8 Å². The summed E-state index contributed by atoms with van der Waals surface area (Å²) in [6.07, 6.45) is 1.59. The topological polar surface area (TPSA) is 116 Å². The van der Waals surface area contributed by atoms with Crippen LogP contribution < -0.4 is 14.9 Å². The summed E-state index contributed by atoms with van der Waals surface area (Å²) in [4.78, 5) is 21.7. The minimum absolute atomic E-state index is 0.115. The minimum atomic E-state index is -3.65. The number of rotatable bonds is 7. The number of nitrogens with one attached hydrogen (secondary N) is 2. The Balaban J connectivity index is 1.51. The van der Waals surface area contributed by atoms with Crippen LogP contribution in [0, 0.1) is 0 Å². The molecular weight excluding hydrogens is 475 g/mol. The van der Waals surface area contributed by atoms with Gasteiger partial charge >= 0.3 is 0 Å². The summed E-state index contributed by atoms with van der Waals surface area (Å²) in [5, 5.41) is 4.30. The van der Waals surface area contributed by atoms with E-state index in [1.54, 1.807) is 24.4 Å². The molecule has 1 aliphatic heterocycles. The molecular formula is C19H22Cl2N8O2S. The lowest BCUT2D eigenvalue weighted by atomic mass is 10.3. The second kappa shape index (κ2) is 9.57. The monoisotopic (exact) mass is 496 g/mol. The Bertz CT molecular complexity index is 1220. The van der Waals surface area contributed by atoms with Crippen molar-refractivity contribution in [2.24, 2.45) is 0 Å². The van der Waals surface area contributed by atoms with E-state index >= 15 is 0 Å². The van der Waals surface area contributed by atoms with Gasteiger partial charge in [-0.05, 0) is 25.2 Å². The molecule has 0 atom stereocenters. The molecule has 0 aliphatic carbocycles. The molecule has 10 nitrogen and oxygen atoms in total. The van der Waals surface area contributed by atoms with Gasteiger partial charge in [-0.25, -0.2) is 23.4 Å². The van der Waals surface area contributed by atoms with Gasteiger partial charge in [0.2, 0.25) is 16.0 Å². The Morgan fingerprint density at radius 2 is 1.84 bits per heavy atom. The van der Waals surface area contributed by atoms with E-state index in [1.165, 1.54) is 6.07 Å². The third kappa shape index (κ3) is 5.66. The van der Waals surface area contributed by atoms with Gasteiger partial charge in [0.1, 0.15) is 21.9 Å². The molecule has 0 saturated carbocycles. The summed E-state index contributed by atoms with van der Waals surface area (Å²) in [7, 11) is -1.58. The van der Waals surface area contributed by atoms with Gasteiger partial charge in [0, 0.05) is 38.1 Å². The second-order valence-corrected chi connectivity index (χ2v) is 10.00. The van der Waals surface area contributed by atoms with Crippen LogP contribution in [-0.2, 0) is 10.0 Å². The molecule has 4 rings (SSSR count). The van der Waals surface area contributed by atoms with Crippen molar-refractivity contribution in [3.8, 4) is 0 Å². The third-order valence-electron chi connectivity index (χ3n) is 4.96. The third-order valence-corrected chi connectivity index (χ3v) is 6.64. The van der Waals surface area contributed by atoms with Gasteiger partial charge in [0.05, 0.1) is 17.5 Å². The second-order valence-electron chi connectivity index (χ2n) is 7.38. The van der Waals surface area contributed by atoms with Crippen molar-refractivity contribution >= 4 is 61.7 Å². The van der Waals surface area contributed by atoms with Crippen molar-refractivity contribution < 1.29 is 8.42 Å². The molecule has 13 heteroatoms. The van der Waals surface area contributed by atoms with Gasteiger partial charge in [-0.2, -0.15) is 4.98 Å². The molecule has 1 fully saturated rings. The molecule has 0 aromatic carbocycles. The summed E-state index contributed by atoms with van der Waals surface area (Å²) < 4.78 is 27.3. The molecule has 0 unspecified atom stereocenters. The van der Waals surface area contributed by atoms with E-state index in [1.807, 2.05) is 0 Å². The van der Waals surface area contributed by atoms with Crippen LogP contribution in [0.4, 0.5) is 17.6 Å². The quantitative estimate of drug-likeness (QED) is 0.475. The highest BCUT2D eigenvalue weighted by atomic mass is 35.5. The summed E-state index contributed by atoms with van der Waals surface area (Å²) >= 11 is 11.9. The average molecular weight is 497 g/mol. The number of hydrogen-bond donors (Lipinski definition) is 2. The Labute approximate surface area is 196 Å². The van der Waals surface area contributed by atoms with Gasteiger partial charge in [0.25, 0.3) is 0 Å². The average Bonchev–Trinajstić information content (AvgIpc) is 2.74. The van der Waals surface area contributed by atoms with E-state index in [4.69, 9.17) is 23.2 Å². The van der Waals surface area contributed by atoms with E-state index in [-0.39, 0.29) is 23.3 Å². The fourth-order valence-corrected chi connectivity index (χ4v) is 4.48. The molecule has 0 spiro atoms. The molecule has 170 valence electrons. The maximum Gasteiger partial charge on any atom is 0.235 e. The molecule has 3 aromatic rings. The maximum absolute atomic E-state index is 12.5. The number of aromatic nitrogens is 4. The van der Waals surface area contributed by atoms with E-state index in [0.29, 0.717) is 27.8 Å². The van der Waals surface area contributed by atoms with E-state index in [0.717, 1.165) is 26.2 Å². The van der Waals surface area contributed by atoms with Gasteiger partial charge in [0.15, 0.2) is 0 Å². The minimum Gasteiger partial charge on any atom is -0.368 e. The van der Waals surface area contributed by atoms with E-state index in [2.05, 4.69) is 46.8 Å². The smallest absolute Gasteiger partial charge is 0.235 e. The standard InChI is InChI=1S/C19H22Cl2N8O2S/c1-28-6-8-29(9-7-28)19-24-14-12-23-16(21)11-13(14)18(26-19)22-5-10-32(30,31)27-17-4-2-3-15(20)25-17/h2-4,11-12H,5-10H2,1H3,(H,25,27)(H,22,24,26). The highest BCUT2D eigenvalue weighted by Gasteiger charge is 2.19. The predicted octanol–water partition coefficient (Wildman–Crippen LogP) is 2.33. The first-order valence-electron chi connectivity index (χ1n) is 9.93. The maximum atomic E-state index is 12.5. The summed E-state index contributed by atoms with van der Waals surface area (Å²) in [5.74, 6) is 1.04. The fraction of sp³-hybridized carbons (Fsp3) is 0.368. The van der Waals surface area contributed by atoms with Crippen LogP contribution in [0.3, 0.4) is 0 Å². The number of anilines is 3. The van der Waals surface area contributed by atoms with Crippen LogP contribution in [0.2, 0.25) is 10.3 Å². The first kappa shape index (κ1) is 22.7. The normalized spacial score (nSPS) is 15.2. The molecule has 0 bridgehead atoms. The lowest BCUT2D eigenvalue weighted by Crippen LogP contribution is -2.45. The van der Waals surface area contributed by atoms with Gasteiger partial charge < -0.3 is 15.1 Å². The molecule has 4 heterocycles. The zero-order chi connectivity index (χ0) is 22.7. The first-order chi connectivity index (χ1) is 15.3.